The van der Waals surface area contributed by atoms with Crippen LogP contribution in [0.5, 0.6) is 0 Å². The van der Waals surface area contributed by atoms with Crippen LogP contribution < -0.4 is 0 Å². The lowest BCUT2D eigenvalue weighted by Gasteiger charge is -2.29. The minimum atomic E-state index is -0.272. The summed E-state index contributed by atoms with van der Waals surface area (Å²) in [5.41, 5.74) is 2.42. The predicted octanol–water partition coefficient (Wildman–Crippen LogP) is 3.62. The van der Waals surface area contributed by atoms with Gasteiger partial charge in [0.2, 0.25) is 0 Å². The fraction of sp³-hybridized carbons (Fsp3) is 0.571. The summed E-state index contributed by atoms with van der Waals surface area (Å²) in [6, 6.07) is 0. The van der Waals surface area contributed by atoms with E-state index in [0.717, 1.165) is 24.8 Å². The molecule has 0 heterocycles. The van der Waals surface area contributed by atoms with E-state index in [1.54, 1.807) is 0 Å². The second-order valence-corrected chi connectivity index (χ2v) is 4.13. The van der Waals surface area contributed by atoms with Gasteiger partial charge in [-0.1, -0.05) is 37.6 Å². The molecule has 1 aliphatic carbocycles. The van der Waals surface area contributed by atoms with Crippen LogP contribution in [0.25, 0.3) is 0 Å². The molecule has 84 valence electrons. The summed E-state index contributed by atoms with van der Waals surface area (Å²) in [5.74, 6) is 0.435. The lowest BCUT2D eigenvalue weighted by Crippen LogP contribution is -2.26. The smallest absolute Gasteiger partial charge is 0.0820 e. The van der Waals surface area contributed by atoms with E-state index in [2.05, 4.69) is 25.2 Å². The molecule has 0 saturated carbocycles. The van der Waals surface area contributed by atoms with Gasteiger partial charge in [-0.3, -0.25) is 0 Å². The number of allylic oxidation sites excluding steroid dienone is 4. The van der Waals surface area contributed by atoms with E-state index in [4.69, 9.17) is 0 Å². The predicted molar refractivity (Wildman–Crippen MR) is 65.7 cm³/mol. The van der Waals surface area contributed by atoms with Gasteiger partial charge in [-0.2, -0.15) is 0 Å². The lowest BCUT2D eigenvalue weighted by molar-refractivity contribution is 0.127. The maximum absolute atomic E-state index is 10.2. The first-order valence-electron chi connectivity index (χ1n) is 5.91. The van der Waals surface area contributed by atoms with Crippen LogP contribution in [0, 0.1) is 5.92 Å². The highest BCUT2D eigenvalue weighted by molar-refractivity contribution is 5.38. The SMILES string of the molecule is C/C=C\C1=C(/C=C\C)C(O)C(CC)CC1. The van der Waals surface area contributed by atoms with Crippen molar-refractivity contribution in [2.24, 2.45) is 5.92 Å². The van der Waals surface area contributed by atoms with Crippen LogP contribution in [0.1, 0.15) is 40.0 Å². The maximum atomic E-state index is 10.2. The standard InChI is InChI=1S/C14H22O/c1-4-7-12-10-9-11(6-3)14(15)13(12)8-5-2/h4-5,7-8,11,14-15H,6,9-10H2,1-3H3/b7-4-,8-5-. The van der Waals surface area contributed by atoms with Gasteiger partial charge in [0.05, 0.1) is 6.10 Å². The molecule has 0 bridgehead atoms. The van der Waals surface area contributed by atoms with Crippen LogP contribution >= 0.6 is 0 Å². The Balaban J connectivity index is 3.00. The summed E-state index contributed by atoms with van der Waals surface area (Å²) in [6.07, 6.45) is 11.2. The molecule has 0 aromatic carbocycles. The number of aliphatic hydroxyl groups excluding tert-OH is 1. The molecule has 1 N–H and O–H groups in total. The van der Waals surface area contributed by atoms with Crippen LogP contribution in [0.15, 0.2) is 35.5 Å². The zero-order valence-electron chi connectivity index (χ0n) is 10.0. The van der Waals surface area contributed by atoms with E-state index in [1.807, 2.05) is 19.9 Å². The van der Waals surface area contributed by atoms with E-state index in [-0.39, 0.29) is 6.10 Å². The molecule has 2 unspecified atom stereocenters. The largest absolute Gasteiger partial charge is 0.388 e. The maximum Gasteiger partial charge on any atom is 0.0820 e. The Labute approximate surface area is 93.2 Å². The van der Waals surface area contributed by atoms with Crippen LogP contribution in [0.2, 0.25) is 0 Å². The van der Waals surface area contributed by atoms with E-state index in [1.165, 1.54) is 5.57 Å². The highest BCUT2D eigenvalue weighted by Gasteiger charge is 2.26. The molecule has 0 amide bonds. The monoisotopic (exact) mass is 206 g/mol. The van der Waals surface area contributed by atoms with Gasteiger partial charge >= 0.3 is 0 Å². The molecular weight excluding hydrogens is 184 g/mol. The highest BCUT2D eigenvalue weighted by Crippen LogP contribution is 2.33. The normalized spacial score (nSPS) is 28.3. The molecule has 0 spiro atoms. The number of rotatable bonds is 3. The Kier molecular flexibility index (Phi) is 4.83. The van der Waals surface area contributed by atoms with Crippen LogP contribution in [0.4, 0.5) is 0 Å². The number of aliphatic hydroxyl groups is 1. The fourth-order valence-electron chi connectivity index (χ4n) is 2.28. The van der Waals surface area contributed by atoms with Crippen molar-refractivity contribution in [2.45, 2.75) is 46.1 Å². The molecule has 0 fully saturated rings. The van der Waals surface area contributed by atoms with Gasteiger partial charge in [0, 0.05) is 0 Å². The molecule has 0 aliphatic heterocycles. The first-order chi connectivity index (χ1) is 7.24. The molecule has 0 aromatic rings. The summed E-state index contributed by atoms with van der Waals surface area (Å²) >= 11 is 0. The molecular formula is C14H22O. The summed E-state index contributed by atoms with van der Waals surface area (Å²) in [6.45, 7) is 6.18. The third kappa shape index (κ3) is 2.82. The second-order valence-electron chi connectivity index (χ2n) is 4.13. The molecule has 1 aliphatic rings. The fourth-order valence-corrected chi connectivity index (χ4v) is 2.28. The molecule has 0 aromatic heterocycles. The quantitative estimate of drug-likeness (QED) is 0.747. The first kappa shape index (κ1) is 12.3. The van der Waals surface area contributed by atoms with Crippen LogP contribution in [-0.2, 0) is 0 Å². The minimum Gasteiger partial charge on any atom is -0.388 e. The van der Waals surface area contributed by atoms with Crippen molar-refractivity contribution >= 4 is 0 Å². The van der Waals surface area contributed by atoms with Crippen molar-refractivity contribution in [1.82, 2.24) is 0 Å². The topological polar surface area (TPSA) is 20.2 Å². The van der Waals surface area contributed by atoms with Crippen molar-refractivity contribution in [3.8, 4) is 0 Å². The molecule has 0 radical (unpaired) electrons. The van der Waals surface area contributed by atoms with E-state index in [0.29, 0.717) is 5.92 Å². The van der Waals surface area contributed by atoms with Crippen molar-refractivity contribution < 1.29 is 5.11 Å². The van der Waals surface area contributed by atoms with Gasteiger partial charge in [0.25, 0.3) is 0 Å². The second kappa shape index (κ2) is 5.92. The zero-order valence-corrected chi connectivity index (χ0v) is 10.0. The van der Waals surface area contributed by atoms with Crippen molar-refractivity contribution in [3.63, 3.8) is 0 Å². The summed E-state index contributed by atoms with van der Waals surface area (Å²) in [7, 11) is 0. The molecule has 0 saturated heterocycles. The number of hydrogen-bond acceptors (Lipinski definition) is 1. The van der Waals surface area contributed by atoms with Gasteiger partial charge in [-0.05, 0) is 43.8 Å². The molecule has 1 heteroatoms. The van der Waals surface area contributed by atoms with Gasteiger partial charge in [0.1, 0.15) is 0 Å². The van der Waals surface area contributed by atoms with Crippen molar-refractivity contribution in [3.05, 3.63) is 35.5 Å². The van der Waals surface area contributed by atoms with Gasteiger partial charge in [0.15, 0.2) is 0 Å². The third-order valence-electron chi connectivity index (χ3n) is 3.16. The Hall–Kier alpha value is -0.820. The zero-order chi connectivity index (χ0) is 11.3. The summed E-state index contributed by atoms with van der Waals surface area (Å²) in [4.78, 5) is 0. The molecule has 15 heavy (non-hydrogen) atoms. The Bertz CT molecular complexity index is 284. The summed E-state index contributed by atoms with van der Waals surface area (Å²) < 4.78 is 0. The highest BCUT2D eigenvalue weighted by atomic mass is 16.3. The molecule has 1 nitrogen and oxygen atoms in total. The van der Waals surface area contributed by atoms with Crippen LogP contribution in [-0.4, -0.2) is 11.2 Å². The lowest BCUT2D eigenvalue weighted by atomic mass is 9.80. The van der Waals surface area contributed by atoms with Gasteiger partial charge in [-0.15, -0.1) is 0 Å². The van der Waals surface area contributed by atoms with E-state index >= 15 is 0 Å². The summed E-state index contributed by atoms with van der Waals surface area (Å²) in [5, 5.41) is 10.2. The first-order valence-corrected chi connectivity index (χ1v) is 5.91. The van der Waals surface area contributed by atoms with E-state index in [9.17, 15) is 5.11 Å². The Morgan fingerprint density at radius 2 is 1.93 bits per heavy atom. The minimum absolute atomic E-state index is 0.272. The third-order valence-corrected chi connectivity index (χ3v) is 3.16. The average Bonchev–Trinajstić information content (AvgIpc) is 2.24. The molecule has 1 rings (SSSR count). The Morgan fingerprint density at radius 3 is 2.47 bits per heavy atom. The Morgan fingerprint density at radius 1 is 1.27 bits per heavy atom. The van der Waals surface area contributed by atoms with Crippen molar-refractivity contribution in [1.29, 1.82) is 0 Å². The molecule has 2 atom stereocenters. The number of hydrogen-bond donors (Lipinski definition) is 1. The van der Waals surface area contributed by atoms with Crippen LogP contribution in [0.3, 0.4) is 0 Å². The van der Waals surface area contributed by atoms with Gasteiger partial charge < -0.3 is 5.11 Å². The van der Waals surface area contributed by atoms with Gasteiger partial charge in [-0.25, -0.2) is 0 Å². The van der Waals surface area contributed by atoms with E-state index < -0.39 is 0 Å². The van der Waals surface area contributed by atoms with Crippen molar-refractivity contribution in [2.75, 3.05) is 0 Å². The average molecular weight is 206 g/mol.